The van der Waals surface area contributed by atoms with E-state index < -0.39 is 23.9 Å². The Morgan fingerprint density at radius 3 is 2.48 bits per heavy atom. The van der Waals surface area contributed by atoms with Gasteiger partial charge in [0.05, 0.1) is 24.9 Å². The topological polar surface area (TPSA) is 134 Å². The van der Waals surface area contributed by atoms with Crippen LogP contribution in [0.4, 0.5) is 0 Å². The molecule has 1 aromatic heterocycles. The molecule has 3 atom stereocenters. The molecule has 0 unspecified atom stereocenters. The van der Waals surface area contributed by atoms with Gasteiger partial charge in [-0.15, -0.1) is 0 Å². The number of hydrogen-bond donors (Lipinski definition) is 2. The van der Waals surface area contributed by atoms with Gasteiger partial charge < -0.3 is 19.9 Å². The van der Waals surface area contributed by atoms with Crippen LogP contribution in [0.25, 0.3) is 0 Å². The standard InChI is InChI=1S/C36H53N5O5/c1-27(2)22-32(39-36(46)33-17-13-20-41(33)28(3)43)34(44)24-30(35(45)38-18-21-42)23-31-25-37-26-40(31)19-12-7-5-4-6-9-14-29-15-10-8-11-16-29/h8,10-11,15-16,18,25-27,30,32-33,42H,4-7,9,12-14,17,19-24H2,1-3H3,(H,39,46)/t30-,32+,33+/m1/s1. The van der Waals surface area contributed by atoms with Crippen molar-refractivity contribution in [3.05, 3.63) is 54.1 Å². The molecule has 1 fully saturated rings. The van der Waals surface area contributed by atoms with Crippen LogP contribution < -0.4 is 5.32 Å². The van der Waals surface area contributed by atoms with Crippen molar-refractivity contribution in [1.82, 2.24) is 19.8 Å². The van der Waals surface area contributed by atoms with Crippen molar-refractivity contribution >= 4 is 29.7 Å². The van der Waals surface area contributed by atoms with Gasteiger partial charge in [-0.3, -0.25) is 19.2 Å². The number of aliphatic imine (C=N–C) groups is 1. The average molecular weight is 636 g/mol. The number of carbonyl (C=O) groups excluding carboxylic acids is 4. The first kappa shape index (κ1) is 36.8. The van der Waals surface area contributed by atoms with Gasteiger partial charge in [0.15, 0.2) is 5.78 Å². The maximum Gasteiger partial charge on any atom is 0.249 e. The number of rotatable bonds is 20. The number of aliphatic hydroxyl groups excluding tert-OH is 1. The van der Waals surface area contributed by atoms with E-state index in [1.807, 2.05) is 24.5 Å². The van der Waals surface area contributed by atoms with Gasteiger partial charge in [-0.2, -0.15) is 0 Å². The van der Waals surface area contributed by atoms with Crippen molar-refractivity contribution in [3.63, 3.8) is 0 Å². The summed E-state index contributed by atoms with van der Waals surface area (Å²) in [6.45, 7) is 6.32. The number of amides is 3. The number of aryl methyl sites for hydroxylation is 2. The van der Waals surface area contributed by atoms with Gasteiger partial charge in [0.2, 0.25) is 17.7 Å². The van der Waals surface area contributed by atoms with Crippen molar-refractivity contribution in [2.24, 2.45) is 16.8 Å². The summed E-state index contributed by atoms with van der Waals surface area (Å²) in [5, 5.41) is 12.1. The number of benzene rings is 1. The van der Waals surface area contributed by atoms with Crippen molar-refractivity contribution in [1.29, 1.82) is 0 Å². The second kappa shape index (κ2) is 19.8. The number of aromatic nitrogens is 2. The molecule has 2 N–H and O–H groups in total. The third-order valence-corrected chi connectivity index (χ3v) is 8.68. The maximum atomic E-state index is 13.7. The molecule has 46 heavy (non-hydrogen) atoms. The molecule has 1 saturated heterocycles. The summed E-state index contributed by atoms with van der Waals surface area (Å²) in [7, 11) is 0. The van der Waals surface area contributed by atoms with Crippen LogP contribution in [0, 0.1) is 11.8 Å². The highest BCUT2D eigenvalue weighted by molar-refractivity contribution is 5.96. The molecule has 10 nitrogen and oxygen atoms in total. The number of carbonyl (C=O) groups is 4. The van der Waals surface area contributed by atoms with Crippen LogP contribution in [-0.2, 0) is 38.6 Å². The van der Waals surface area contributed by atoms with Crippen LogP contribution in [0.2, 0.25) is 0 Å². The zero-order valence-corrected chi connectivity index (χ0v) is 27.9. The molecule has 1 aliphatic rings. The van der Waals surface area contributed by atoms with Gasteiger partial charge in [0.1, 0.15) is 6.04 Å². The molecule has 0 spiro atoms. The number of hydrogen-bond acceptors (Lipinski definition) is 6. The summed E-state index contributed by atoms with van der Waals surface area (Å²) in [5.74, 6) is -1.87. The summed E-state index contributed by atoms with van der Waals surface area (Å²) in [6, 6.07) is 9.21. The lowest BCUT2D eigenvalue weighted by Crippen LogP contribution is -2.51. The van der Waals surface area contributed by atoms with E-state index in [4.69, 9.17) is 0 Å². The predicted molar refractivity (Wildman–Crippen MR) is 179 cm³/mol. The van der Waals surface area contributed by atoms with E-state index in [-0.39, 0.29) is 43.0 Å². The molecule has 0 bridgehead atoms. The summed E-state index contributed by atoms with van der Waals surface area (Å²) in [5.41, 5.74) is 2.24. The highest BCUT2D eigenvalue weighted by Crippen LogP contribution is 2.21. The first-order valence-electron chi connectivity index (χ1n) is 17.0. The Bertz CT molecular complexity index is 1270. The number of nitrogens with one attached hydrogen (secondary N) is 1. The lowest BCUT2D eigenvalue weighted by molar-refractivity contribution is -0.138. The van der Waals surface area contributed by atoms with E-state index in [1.54, 1.807) is 17.4 Å². The fourth-order valence-corrected chi connectivity index (χ4v) is 6.23. The van der Waals surface area contributed by atoms with E-state index in [1.165, 1.54) is 31.7 Å². The lowest BCUT2D eigenvalue weighted by atomic mass is 9.90. The van der Waals surface area contributed by atoms with Gasteiger partial charge in [-0.1, -0.05) is 69.9 Å². The van der Waals surface area contributed by atoms with Crippen molar-refractivity contribution in [2.45, 2.75) is 116 Å². The Balaban J connectivity index is 1.56. The Morgan fingerprint density at radius 2 is 1.78 bits per heavy atom. The van der Waals surface area contributed by atoms with Gasteiger partial charge in [-0.25, -0.2) is 9.98 Å². The minimum atomic E-state index is -0.781. The summed E-state index contributed by atoms with van der Waals surface area (Å²) in [6.07, 6.45) is 14.5. The van der Waals surface area contributed by atoms with Crippen LogP contribution in [0.3, 0.4) is 0 Å². The van der Waals surface area contributed by atoms with Gasteiger partial charge >= 0.3 is 0 Å². The molecule has 252 valence electrons. The van der Waals surface area contributed by atoms with E-state index >= 15 is 0 Å². The van der Waals surface area contributed by atoms with E-state index in [9.17, 15) is 24.3 Å². The molecule has 1 aliphatic heterocycles. The van der Waals surface area contributed by atoms with Crippen LogP contribution in [0.5, 0.6) is 0 Å². The molecular weight excluding hydrogens is 582 g/mol. The number of ketones is 1. The Morgan fingerprint density at radius 1 is 1.07 bits per heavy atom. The van der Waals surface area contributed by atoms with Crippen molar-refractivity contribution in [2.75, 3.05) is 13.2 Å². The molecule has 10 heteroatoms. The molecule has 0 saturated carbocycles. The summed E-state index contributed by atoms with van der Waals surface area (Å²) in [4.78, 5) is 61.8. The third-order valence-electron chi connectivity index (χ3n) is 8.68. The largest absolute Gasteiger partial charge is 0.391 e. The van der Waals surface area contributed by atoms with Gasteiger partial charge in [0, 0.05) is 51.0 Å². The van der Waals surface area contributed by atoms with E-state index in [0.29, 0.717) is 19.4 Å². The number of Topliss-reactive ketones (excluding diaryl/α,β-unsaturated/α-hetero) is 1. The van der Waals surface area contributed by atoms with Crippen LogP contribution in [0.1, 0.15) is 96.2 Å². The number of likely N-dealkylation sites (tertiary alicyclic amines) is 1. The van der Waals surface area contributed by atoms with E-state index in [2.05, 4.69) is 39.6 Å². The van der Waals surface area contributed by atoms with Crippen LogP contribution >= 0.6 is 0 Å². The molecule has 1 aromatic carbocycles. The quantitative estimate of drug-likeness (QED) is 0.160. The van der Waals surface area contributed by atoms with Crippen molar-refractivity contribution < 1.29 is 24.3 Å². The summed E-state index contributed by atoms with van der Waals surface area (Å²) >= 11 is 0. The van der Waals surface area contributed by atoms with E-state index in [0.717, 1.165) is 50.6 Å². The Kier molecular flexibility index (Phi) is 15.8. The fourth-order valence-electron chi connectivity index (χ4n) is 6.23. The van der Waals surface area contributed by atoms with Crippen LogP contribution in [0.15, 0.2) is 47.8 Å². The predicted octanol–water partition coefficient (Wildman–Crippen LogP) is 4.72. The molecular formula is C36H53N5O5. The van der Waals surface area contributed by atoms with Gasteiger partial charge in [-0.05, 0) is 50.0 Å². The molecule has 0 aliphatic carbocycles. The molecule has 0 radical (unpaired) electrons. The zero-order valence-electron chi connectivity index (χ0n) is 27.9. The number of imidazole rings is 1. The molecule has 2 heterocycles. The lowest BCUT2D eigenvalue weighted by Gasteiger charge is -2.26. The third kappa shape index (κ3) is 12.3. The first-order chi connectivity index (χ1) is 22.2. The fraction of sp³-hybridized carbons (Fsp3) is 0.611. The maximum absolute atomic E-state index is 13.7. The highest BCUT2D eigenvalue weighted by Gasteiger charge is 2.35. The average Bonchev–Trinajstić information content (AvgIpc) is 3.71. The number of aliphatic hydroxyl groups is 1. The molecule has 2 aromatic rings. The van der Waals surface area contributed by atoms with Crippen LogP contribution in [-0.4, -0.2) is 74.5 Å². The minimum absolute atomic E-state index is 0.103. The zero-order chi connectivity index (χ0) is 33.3. The van der Waals surface area contributed by atoms with Gasteiger partial charge in [0.25, 0.3) is 0 Å². The summed E-state index contributed by atoms with van der Waals surface area (Å²) < 4.78 is 2.04. The first-order valence-corrected chi connectivity index (χ1v) is 17.0. The molecule has 3 rings (SSSR count). The smallest absolute Gasteiger partial charge is 0.249 e. The molecule has 3 amide bonds. The second-order valence-corrected chi connectivity index (χ2v) is 12.9. The Hall–Kier alpha value is -3.66. The minimum Gasteiger partial charge on any atom is -0.391 e. The number of unbranched alkanes of at least 4 members (excludes halogenated alkanes) is 5. The second-order valence-electron chi connectivity index (χ2n) is 12.9. The Labute approximate surface area is 274 Å². The monoisotopic (exact) mass is 635 g/mol. The normalized spacial score (nSPS) is 16.2. The highest BCUT2D eigenvalue weighted by atomic mass is 16.3. The number of nitrogens with zero attached hydrogens (tertiary/aromatic N) is 4. The van der Waals surface area contributed by atoms with Crippen molar-refractivity contribution in [3.8, 4) is 0 Å². The SMILES string of the molecule is CC(=O)N1CCC[C@H]1C(=O)N[C@@H](CC(C)C)C(=O)C[C@@H](Cc1cncn1CCCCCCCCc1ccccc1)C(=O)N=CCO.